The van der Waals surface area contributed by atoms with Crippen LogP contribution in [0.4, 0.5) is 5.69 Å². The van der Waals surface area contributed by atoms with Crippen molar-refractivity contribution in [2.45, 2.75) is 18.8 Å². The van der Waals surface area contributed by atoms with Crippen LogP contribution in [0.1, 0.15) is 28.2 Å². The van der Waals surface area contributed by atoms with Gasteiger partial charge in [0.15, 0.2) is 0 Å². The van der Waals surface area contributed by atoms with E-state index in [9.17, 15) is 0 Å². The van der Waals surface area contributed by atoms with E-state index < -0.39 is 0 Å². The van der Waals surface area contributed by atoms with E-state index in [-0.39, 0.29) is 0 Å². The number of hydrogen-bond donors (Lipinski definition) is 0. The Kier molecular flexibility index (Phi) is 6.84. The third-order valence-electron chi connectivity index (χ3n) is 6.30. The zero-order chi connectivity index (χ0) is 21.8. The topological polar surface area (TPSA) is 15.7 Å². The van der Waals surface area contributed by atoms with E-state index in [2.05, 4.69) is 90.6 Å². The molecule has 0 unspecified atom stereocenters. The third-order valence-corrected chi connectivity index (χ3v) is 6.59. The van der Waals surface area contributed by atoms with Crippen LogP contribution in [0, 0.1) is 0 Å². The standard InChI is InChI=1S/C27H31ClN2O/c1-29(2)23-11-9-20(10-12-23)13-15-30-16-14-22-17-26(28)27(31-3)18-24(22)25(19-30)21-7-5-4-6-8-21/h4-12,17-18,25H,13-16,19H2,1-3H3/t25-/m1/s1. The van der Waals surface area contributed by atoms with Crippen LogP contribution < -0.4 is 9.64 Å². The molecule has 0 N–H and O–H groups in total. The molecule has 0 radical (unpaired) electrons. The van der Waals surface area contributed by atoms with Gasteiger partial charge in [-0.15, -0.1) is 0 Å². The molecule has 1 aliphatic heterocycles. The van der Waals surface area contributed by atoms with E-state index in [0.717, 1.165) is 38.2 Å². The van der Waals surface area contributed by atoms with Crippen LogP contribution in [0.25, 0.3) is 0 Å². The lowest BCUT2D eigenvalue weighted by Crippen LogP contribution is -2.30. The highest BCUT2D eigenvalue weighted by Crippen LogP contribution is 2.37. The van der Waals surface area contributed by atoms with Crippen LogP contribution in [0.3, 0.4) is 0 Å². The molecule has 0 saturated heterocycles. The molecule has 162 valence electrons. The van der Waals surface area contributed by atoms with Gasteiger partial charge in [-0.3, -0.25) is 0 Å². The lowest BCUT2D eigenvalue weighted by atomic mass is 9.88. The maximum atomic E-state index is 6.48. The van der Waals surface area contributed by atoms with Gasteiger partial charge in [-0.2, -0.15) is 0 Å². The van der Waals surface area contributed by atoms with Gasteiger partial charge in [0.05, 0.1) is 12.1 Å². The number of anilines is 1. The van der Waals surface area contributed by atoms with E-state index in [1.807, 2.05) is 0 Å². The summed E-state index contributed by atoms with van der Waals surface area (Å²) in [5.41, 5.74) is 6.63. The normalized spacial score (nSPS) is 16.5. The SMILES string of the molecule is COc1cc2c(cc1Cl)CCN(CCc1ccc(N(C)C)cc1)C[C@@H]2c1ccccc1. The summed E-state index contributed by atoms with van der Waals surface area (Å²) in [6, 6.07) is 24.0. The molecule has 1 aliphatic rings. The molecule has 31 heavy (non-hydrogen) atoms. The van der Waals surface area contributed by atoms with Crippen molar-refractivity contribution in [2.24, 2.45) is 0 Å². The molecule has 3 aromatic carbocycles. The number of rotatable bonds is 6. The van der Waals surface area contributed by atoms with Crippen molar-refractivity contribution in [1.82, 2.24) is 4.90 Å². The first-order valence-corrected chi connectivity index (χ1v) is 11.3. The molecular weight excluding hydrogens is 404 g/mol. The minimum atomic E-state index is 0.306. The third kappa shape index (κ3) is 5.06. The molecule has 0 saturated carbocycles. The van der Waals surface area contributed by atoms with Crippen LogP contribution in [-0.4, -0.2) is 45.7 Å². The van der Waals surface area contributed by atoms with E-state index >= 15 is 0 Å². The minimum absolute atomic E-state index is 0.306. The van der Waals surface area contributed by atoms with Crippen molar-refractivity contribution in [1.29, 1.82) is 0 Å². The number of ether oxygens (including phenoxy) is 1. The van der Waals surface area contributed by atoms with Crippen molar-refractivity contribution < 1.29 is 4.74 Å². The van der Waals surface area contributed by atoms with Crippen molar-refractivity contribution in [2.75, 3.05) is 45.7 Å². The zero-order valence-electron chi connectivity index (χ0n) is 18.6. The molecular formula is C27H31ClN2O. The second kappa shape index (κ2) is 9.76. The Morgan fingerprint density at radius 2 is 1.77 bits per heavy atom. The predicted octanol–water partition coefficient (Wildman–Crippen LogP) is 5.65. The number of halogens is 1. The van der Waals surface area contributed by atoms with Gasteiger partial charge in [0.2, 0.25) is 0 Å². The van der Waals surface area contributed by atoms with E-state index in [1.165, 1.54) is 27.9 Å². The van der Waals surface area contributed by atoms with Crippen molar-refractivity contribution in [3.63, 3.8) is 0 Å². The molecule has 0 fully saturated rings. The van der Waals surface area contributed by atoms with Gasteiger partial charge in [0.1, 0.15) is 5.75 Å². The van der Waals surface area contributed by atoms with Crippen molar-refractivity contribution in [3.05, 3.63) is 94.0 Å². The van der Waals surface area contributed by atoms with Crippen molar-refractivity contribution in [3.8, 4) is 5.75 Å². The van der Waals surface area contributed by atoms with Gasteiger partial charge < -0.3 is 14.5 Å². The second-order valence-corrected chi connectivity index (χ2v) is 8.92. The van der Waals surface area contributed by atoms with Gasteiger partial charge in [0, 0.05) is 45.3 Å². The number of methoxy groups -OCH3 is 1. The molecule has 4 rings (SSSR count). The lowest BCUT2D eigenvalue weighted by molar-refractivity contribution is 0.280. The van der Waals surface area contributed by atoms with E-state index in [4.69, 9.17) is 16.3 Å². The molecule has 3 nitrogen and oxygen atoms in total. The summed E-state index contributed by atoms with van der Waals surface area (Å²) in [5, 5.41) is 0.697. The Hall–Kier alpha value is -2.49. The molecule has 0 spiro atoms. The number of fused-ring (bicyclic) bond motifs is 1. The maximum Gasteiger partial charge on any atom is 0.137 e. The van der Waals surface area contributed by atoms with Crippen LogP contribution in [0.15, 0.2) is 66.7 Å². The number of hydrogen-bond acceptors (Lipinski definition) is 3. The molecule has 4 heteroatoms. The molecule has 1 heterocycles. The van der Waals surface area contributed by atoms with E-state index in [1.54, 1.807) is 7.11 Å². The summed E-state index contributed by atoms with van der Waals surface area (Å²) in [4.78, 5) is 4.73. The fourth-order valence-electron chi connectivity index (χ4n) is 4.46. The monoisotopic (exact) mass is 434 g/mol. The molecule has 0 amide bonds. The summed E-state index contributed by atoms with van der Waals surface area (Å²) < 4.78 is 5.55. The molecule has 0 bridgehead atoms. The highest BCUT2D eigenvalue weighted by Gasteiger charge is 2.26. The fourth-order valence-corrected chi connectivity index (χ4v) is 4.72. The summed E-state index contributed by atoms with van der Waals surface area (Å²) in [6.45, 7) is 3.08. The quantitative estimate of drug-likeness (QED) is 0.498. The first-order chi connectivity index (χ1) is 15.0. The highest BCUT2D eigenvalue weighted by atomic mass is 35.5. The number of nitrogens with zero attached hydrogens (tertiary/aromatic N) is 2. The Morgan fingerprint density at radius 3 is 2.45 bits per heavy atom. The predicted molar refractivity (Wildman–Crippen MR) is 131 cm³/mol. The van der Waals surface area contributed by atoms with Crippen molar-refractivity contribution >= 4 is 17.3 Å². The summed E-state index contributed by atoms with van der Waals surface area (Å²) in [7, 11) is 5.85. The Bertz CT molecular complexity index is 1000. The van der Waals surface area contributed by atoms with Crippen LogP contribution in [-0.2, 0) is 12.8 Å². The number of benzene rings is 3. The second-order valence-electron chi connectivity index (χ2n) is 8.51. The average molecular weight is 435 g/mol. The van der Waals surface area contributed by atoms with Crippen LogP contribution >= 0.6 is 11.6 Å². The van der Waals surface area contributed by atoms with Crippen LogP contribution in [0.5, 0.6) is 5.75 Å². The zero-order valence-corrected chi connectivity index (χ0v) is 19.4. The molecule has 3 aromatic rings. The van der Waals surface area contributed by atoms with Crippen LogP contribution in [0.2, 0.25) is 5.02 Å². The molecule has 0 aromatic heterocycles. The smallest absolute Gasteiger partial charge is 0.137 e. The maximum absolute atomic E-state index is 6.48. The average Bonchev–Trinajstić information content (AvgIpc) is 2.97. The first-order valence-electron chi connectivity index (χ1n) is 10.9. The minimum Gasteiger partial charge on any atom is -0.495 e. The van der Waals surface area contributed by atoms with E-state index in [0.29, 0.717) is 10.9 Å². The first kappa shape index (κ1) is 21.7. The summed E-state index contributed by atoms with van der Waals surface area (Å²) in [6.07, 6.45) is 2.05. The fraction of sp³-hybridized carbons (Fsp3) is 0.333. The largest absolute Gasteiger partial charge is 0.495 e. The molecule has 0 aliphatic carbocycles. The van der Waals surface area contributed by atoms with Gasteiger partial charge in [-0.25, -0.2) is 0 Å². The summed E-state index contributed by atoms with van der Waals surface area (Å²) in [5.74, 6) is 1.07. The Balaban J connectivity index is 1.56. The van der Waals surface area contributed by atoms with Gasteiger partial charge in [0.25, 0.3) is 0 Å². The lowest BCUT2D eigenvalue weighted by Gasteiger charge is -2.26. The Labute approximate surface area is 191 Å². The van der Waals surface area contributed by atoms with Gasteiger partial charge >= 0.3 is 0 Å². The molecule has 1 atom stereocenters. The van der Waals surface area contributed by atoms with Gasteiger partial charge in [-0.05, 0) is 59.4 Å². The summed E-state index contributed by atoms with van der Waals surface area (Å²) >= 11 is 6.48. The van der Waals surface area contributed by atoms with Gasteiger partial charge in [-0.1, -0.05) is 54.1 Å². The Morgan fingerprint density at radius 1 is 1.03 bits per heavy atom. The highest BCUT2D eigenvalue weighted by molar-refractivity contribution is 6.32.